The highest BCUT2D eigenvalue weighted by Gasteiger charge is 2.23. The van der Waals surface area contributed by atoms with Gasteiger partial charge >= 0.3 is 0 Å². The van der Waals surface area contributed by atoms with E-state index in [2.05, 4.69) is 5.32 Å². The molecule has 2 atom stereocenters. The van der Waals surface area contributed by atoms with Crippen LogP contribution in [-0.2, 0) is 4.79 Å². The normalized spacial score (nSPS) is 28.5. The van der Waals surface area contributed by atoms with E-state index in [4.69, 9.17) is 11.6 Å². The average Bonchev–Trinajstić information content (AvgIpc) is 2.09. The van der Waals surface area contributed by atoms with E-state index in [0.29, 0.717) is 12.3 Å². The second kappa shape index (κ2) is 5.45. The second-order valence-corrected chi connectivity index (χ2v) is 3.84. The lowest BCUT2D eigenvalue weighted by Gasteiger charge is -2.28. The number of hydrogen-bond donors (Lipinski definition) is 2. The Morgan fingerprint density at radius 1 is 1.46 bits per heavy atom. The summed E-state index contributed by atoms with van der Waals surface area (Å²) in [6.45, 7) is 0. The topological polar surface area (TPSA) is 49.3 Å². The Labute approximate surface area is 83.5 Å². The molecule has 0 saturated heterocycles. The van der Waals surface area contributed by atoms with Gasteiger partial charge in [-0.1, -0.05) is 12.8 Å². The van der Waals surface area contributed by atoms with Crippen molar-refractivity contribution in [2.75, 3.05) is 5.88 Å². The lowest BCUT2D eigenvalue weighted by atomic mass is 9.92. The van der Waals surface area contributed by atoms with Crippen molar-refractivity contribution in [2.24, 2.45) is 0 Å². The van der Waals surface area contributed by atoms with Crippen LogP contribution in [0.5, 0.6) is 0 Å². The van der Waals surface area contributed by atoms with Gasteiger partial charge in [-0.15, -0.1) is 11.6 Å². The van der Waals surface area contributed by atoms with Crippen LogP contribution in [0.25, 0.3) is 0 Å². The van der Waals surface area contributed by atoms with Crippen molar-refractivity contribution < 1.29 is 9.90 Å². The Bertz CT molecular complexity index is 175. The Hall–Kier alpha value is -0.280. The van der Waals surface area contributed by atoms with Crippen molar-refractivity contribution in [3.63, 3.8) is 0 Å². The maximum atomic E-state index is 11.2. The number of nitrogens with one attached hydrogen (secondary N) is 1. The van der Waals surface area contributed by atoms with Gasteiger partial charge in [0.25, 0.3) is 0 Å². The van der Waals surface area contributed by atoms with E-state index in [1.54, 1.807) is 0 Å². The van der Waals surface area contributed by atoms with Gasteiger partial charge in [-0.3, -0.25) is 4.79 Å². The molecule has 1 fully saturated rings. The molecule has 0 aromatic heterocycles. The minimum absolute atomic E-state index is 0.0514. The molecule has 1 saturated carbocycles. The van der Waals surface area contributed by atoms with Crippen molar-refractivity contribution in [3.8, 4) is 0 Å². The zero-order chi connectivity index (χ0) is 9.68. The van der Waals surface area contributed by atoms with Crippen LogP contribution in [0.15, 0.2) is 0 Å². The summed E-state index contributed by atoms with van der Waals surface area (Å²) in [5, 5.41) is 12.3. The Balaban J connectivity index is 2.29. The summed E-state index contributed by atoms with van der Waals surface area (Å²) < 4.78 is 0. The van der Waals surface area contributed by atoms with Crippen molar-refractivity contribution in [1.29, 1.82) is 0 Å². The fourth-order valence-electron chi connectivity index (χ4n) is 1.64. The van der Waals surface area contributed by atoms with Crippen molar-refractivity contribution >= 4 is 17.5 Å². The lowest BCUT2D eigenvalue weighted by Crippen LogP contribution is -2.45. The molecule has 0 radical (unpaired) electrons. The fourth-order valence-corrected chi connectivity index (χ4v) is 1.82. The van der Waals surface area contributed by atoms with Crippen LogP contribution >= 0.6 is 11.6 Å². The van der Waals surface area contributed by atoms with E-state index in [0.717, 1.165) is 25.7 Å². The molecule has 0 spiro atoms. The molecule has 1 aliphatic carbocycles. The third-order valence-electron chi connectivity index (χ3n) is 2.40. The third-order valence-corrected chi connectivity index (χ3v) is 2.59. The lowest BCUT2D eigenvalue weighted by molar-refractivity contribution is -0.122. The Morgan fingerprint density at radius 3 is 2.77 bits per heavy atom. The number of amides is 1. The quantitative estimate of drug-likeness (QED) is 0.677. The first-order valence-corrected chi connectivity index (χ1v) is 5.31. The number of aliphatic hydroxyl groups excluding tert-OH is 1. The molecule has 4 heteroatoms. The van der Waals surface area contributed by atoms with Crippen LogP contribution < -0.4 is 5.32 Å². The highest BCUT2D eigenvalue weighted by atomic mass is 35.5. The van der Waals surface area contributed by atoms with Crippen molar-refractivity contribution in [3.05, 3.63) is 0 Å². The van der Waals surface area contributed by atoms with Gasteiger partial charge in [0, 0.05) is 12.3 Å². The van der Waals surface area contributed by atoms with Gasteiger partial charge in [0.1, 0.15) is 0 Å². The number of rotatable bonds is 3. The van der Waals surface area contributed by atoms with Crippen LogP contribution in [0.2, 0.25) is 0 Å². The summed E-state index contributed by atoms with van der Waals surface area (Å²) in [6.07, 6.45) is 3.80. The van der Waals surface area contributed by atoms with Crippen LogP contribution in [0.1, 0.15) is 32.1 Å². The maximum Gasteiger partial charge on any atom is 0.221 e. The largest absolute Gasteiger partial charge is 0.391 e. The minimum Gasteiger partial charge on any atom is -0.391 e. The smallest absolute Gasteiger partial charge is 0.221 e. The van der Waals surface area contributed by atoms with Gasteiger partial charge in [0.2, 0.25) is 5.91 Å². The van der Waals surface area contributed by atoms with Gasteiger partial charge in [-0.25, -0.2) is 0 Å². The maximum absolute atomic E-state index is 11.2. The van der Waals surface area contributed by atoms with Gasteiger partial charge in [0.05, 0.1) is 12.1 Å². The predicted octanol–water partition coefficient (Wildman–Crippen LogP) is 1.03. The van der Waals surface area contributed by atoms with Crippen LogP contribution in [0, 0.1) is 0 Å². The van der Waals surface area contributed by atoms with Gasteiger partial charge < -0.3 is 10.4 Å². The molecular weight excluding hydrogens is 190 g/mol. The molecule has 0 heterocycles. The molecule has 13 heavy (non-hydrogen) atoms. The first-order chi connectivity index (χ1) is 6.24. The molecule has 76 valence electrons. The molecule has 1 aliphatic rings. The number of alkyl halides is 1. The summed E-state index contributed by atoms with van der Waals surface area (Å²) in [4.78, 5) is 11.2. The molecular formula is C9H16ClNO2. The van der Waals surface area contributed by atoms with Crippen molar-refractivity contribution in [1.82, 2.24) is 5.32 Å². The van der Waals surface area contributed by atoms with Crippen molar-refractivity contribution in [2.45, 2.75) is 44.2 Å². The van der Waals surface area contributed by atoms with Crippen LogP contribution in [0.4, 0.5) is 0 Å². The molecule has 0 aliphatic heterocycles. The summed E-state index contributed by atoms with van der Waals surface area (Å²) in [5.74, 6) is 0.287. The first-order valence-electron chi connectivity index (χ1n) is 4.77. The molecule has 1 rings (SSSR count). The Morgan fingerprint density at radius 2 is 2.15 bits per heavy atom. The number of halogens is 1. The first kappa shape index (κ1) is 10.8. The summed E-state index contributed by atoms with van der Waals surface area (Å²) in [5.41, 5.74) is 0. The monoisotopic (exact) mass is 205 g/mol. The third kappa shape index (κ3) is 3.53. The van der Waals surface area contributed by atoms with Gasteiger partial charge in [0.15, 0.2) is 0 Å². The van der Waals surface area contributed by atoms with E-state index in [1.165, 1.54) is 0 Å². The average molecular weight is 206 g/mol. The summed E-state index contributed by atoms with van der Waals surface area (Å²) in [7, 11) is 0. The molecule has 0 aromatic rings. The number of carbonyl (C=O) groups is 1. The molecule has 0 unspecified atom stereocenters. The van der Waals surface area contributed by atoms with E-state index in [9.17, 15) is 9.90 Å². The minimum atomic E-state index is -0.368. The highest BCUT2D eigenvalue weighted by Crippen LogP contribution is 2.18. The van der Waals surface area contributed by atoms with E-state index in [1.807, 2.05) is 0 Å². The van der Waals surface area contributed by atoms with E-state index in [-0.39, 0.29) is 18.1 Å². The highest BCUT2D eigenvalue weighted by molar-refractivity contribution is 6.18. The second-order valence-electron chi connectivity index (χ2n) is 3.46. The standard InChI is InChI=1S/C9H16ClNO2/c10-6-5-9(13)11-7-3-1-2-4-8(7)12/h7-8,12H,1-6H2,(H,11,13)/t7-,8-/m0/s1. The fraction of sp³-hybridized carbons (Fsp3) is 0.889. The number of carbonyl (C=O) groups excluding carboxylic acids is 1. The number of aliphatic hydroxyl groups is 1. The van der Waals surface area contributed by atoms with Crippen LogP contribution in [0.3, 0.4) is 0 Å². The molecule has 1 amide bonds. The zero-order valence-corrected chi connectivity index (χ0v) is 8.39. The number of hydrogen-bond acceptors (Lipinski definition) is 2. The SMILES string of the molecule is O=C(CCCl)N[C@H]1CCCC[C@@H]1O. The molecule has 3 nitrogen and oxygen atoms in total. The molecule has 0 bridgehead atoms. The van der Waals surface area contributed by atoms with E-state index >= 15 is 0 Å². The summed E-state index contributed by atoms with van der Waals surface area (Å²) >= 11 is 5.43. The van der Waals surface area contributed by atoms with Gasteiger partial charge in [-0.05, 0) is 12.8 Å². The molecule has 0 aromatic carbocycles. The van der Waals surface area contributed by atoms with Gasteiger partial charge in [-0.2, -0.15) is 0 Å². The van der Waals surface area contributed by atoms with Crippen LogP contribution in [-0.4, -0.2) is 29.0 Å². The van der Waals surface area contributed by atoms with E-state index < -0.39 is 0 Å². The predicted molar refractivity (Wildman–Crippen MR) is 51.7 cm³/mol. The molecule has 2 N–H and O–H groups in total. The zero-order valence-electron chi connectivity index (χ0n) is 7.63. The summed E-state index contributed by atoms with van der Waals surface area (Å²) in [6, 6.07) is -0.0514. The Kier molecular flexibility index (Phi) is 4.53.